The number of nitrogens with zero attached hydrogens (tertiary/aromatic N) is 2. The van der Waals surface area contributed by atoms with E-state index in [4.69, 9.17) is 5.73 Å². The molecule has 0 bridgehead atoms. The summed E-state index contributed by atoms with van der Waals surface area (Å²) < 4.78 is 0. The van der Waals surface area contributed by atoms with Crippen LogP contribution in [0.15, 0.2) is 23.6 Å². The SMILES string of the molecule is NCCSc1ccncn1. The fourth-order valence-electron chi connectivity index (χ4n) is 0.527. The molecule has 0 unspecified atom stereocenters. The molecule has 0 aliphatic heterocycles. The first-order valence-corrected chi connectivity index (χ1v) is 4.01. The number of rotatable bonds is 3. The van der Waals surface area contributed by atoms with Crippen LogP contribution in [0.5, 0.6) is 0 Å². The molecule has 54 valence electrons. The molecule has 10 heavy (non-hydrogen) atoms. The zero-order valence-electron chi connectivity index (χ0n) is 5.53. The lowest BCUT2D eigenvalue weighted by molar-refractivity contribution is 1.04. The van der Waals surface area contributed by atoms with Crippen LogP contribution >= 0.6 is 11.8 Å². The van der Waals surface area contributed by atoms with E-state index in [-0.39, 0.29) is 0 Å². The average molecular weight is 155 g/mol. The highest BCUT2D eigenvalue weighted by Crippen LogP contribution is 2.10. The number of hydrogen-bond acceptors (Lipinski definition) is 4. The monoisotopic (exact) mass is 155 g/mol. The molecule has 1 aromatic rings. The van der Waals surface area contributed by atoms with Crippen molar-refractivity contribution in [3.05, 3.63) is 18.6 Å². The molecular weight excluding hydrogens is 146 g/mol. The molecule has 0 aliphatic carbocycles. The maximum atomic E-state index is 5.31. The molecular formula is C6H9N3S. The van der Waals surface area contributed by atoms with Crippen LogP contribution in [0.2, 0.25) is 0 Å². The average Bonchev–Trinajstić information content (AvgIpc) is 2.03. The van der Waals surface area contributed by atoms with Gasteiger partial charge in [-0.15, -0.1) is 11.8 Å². The molecule has 0 spiro atoms. The molecule has 0 radical (unpaired) electrons. The molecule has 0 saturated heterocycles. The molecule has 0 atom stereocenters. The molecule has 2 N–H and O–H groups in total. The summed E-state index contributed by atoms with van der Waals surface area (Å²) >= 11 is 1.64. The zero-order valence-corrected chi connectivity index (χ0v) is 6.34. The Balaban J connectivity index is 2.43. The summed E-state index contributed by atoms with van der Waals surface area (Å²) in [5, 5.41) is 0.987. The van der Waals surface area contributed by atoms with Crippen molar-refractivity contribution in [2.24, 2.45) is 5.73 Å². The normalized spacial score (nSPS) is 9.70. The minimum absolute atomic E-state index is 0.689. The second kappa shape index (κ2) is 4.24. The molecule has 3 nitrogen and oxygen atoms in total. The summed E-state index contributed by atoms with van der Waals surface area (Å²) in [6.45, 7) is 0.689. The van der Waals surface area contributed by atoms with Gasteiger partial charge in [0.05, 0.1) is 5.03 Å². The van der Waals surface area contributed by atoms with Gasteiger partial charge in [0.15, 0.2) is 0 Å². The molecule has 1 heterocycles. The first kappa shape index (κ1) is 7.50. The van der Waals surface area contributed by atoms with Crippen molar-refractivity contribution in [2.45, 2.75) is 5.03 Å². The standard InChI is InChI=1S/C6H9N3S/c7-2-4-10-6-1-3-8-5-9-6/h1,3,5H,2,4,7H2. The highest BCUT2D eigenvalue weighted by Gasteiger charge is 1.90. The van der Waals surface area contributed by atoms with Crippen LogP contribution in [-0.4, -0.2) is 22.3 Å². The number of thioether (sulfide) groups is 1. The van der Waals surface area contributed by atoms with Crippen molar-refractivity contribution in [3.63, 3.8) is 0 Å². The highest BCUT2D eigenvalue weighted by atomic mass is 32.2. The Morgan fingerprint density at radius 2 is 2.50 bits per heavy atom. The third-order valence-corrected chi connectivity index (χ3v) is 1.90. The van der Waals surface area contributed by atoms with E-state index < -0.39 is 0 Å². The van der Waals surface area contributed by atoms with Crippen molar-refractivity contribution in [1.29, 1.82) is 0 Å². The van der Waals surface area contributed by atoms with Gasteiger partial charge in [-0.1, -0.05) is 0 Å². The number of hydrogen-bond donors (Lipinski definition) is 1. The zero-order chi connectivity index (χ0) is 7.23. The first-order valence-electron chi connectivity index (χ1n) is 3.02. The third-order valence-electron chi connectivity index (χ3n) is 0.923. The smallest absolute Gasteiger partial charge is 0.116 e. The Morgan fingerprint density at radius 1 is 1.60 bits per heavy atom. The summed E-state index contributed by atoms with van der Waals surface area (Å²) in [6, 6.07) is 1.88. The summed E-state index contributed by atoms with van der Waals surface area (Å²) in [4.78, 5) is 7.81. The molecule has 0 aromatic carbocycles. The van der Waals surface area contributed by atoms with Crippen molar-refractivity contribution < 1.29 is 0 Å². The van der Waals surface area contributed by atoms with Gasteiger partial charge in [0.25, 0.3) is 0 Å². The number of nitrogens with two attached hydrogens (primary N) is 1. The van der Waals surface area contributed by atoms with Gasteiger partial charge in [-0.25, -0.2) is 9.97 Å². The Labute approximate surface area is 64.1 Å². The summed E-state index contributed by atoms with van der Waals surface area (Å²) in [5.74, 6) is 0.914. The van der Waals surface area contributed by atoms with Crippen LogP contribution in [0, 0.1) is 0 Å². The van der Waals surface area contributed by atoms with Gasteiger partial charge in [0.2, 0.25) is 0 Å². The molecule has 1 aromatic heterocycles. The van der Waals surface area contributed by atoms with Crippen molar-refractivity contribution >= 4 is 11.8 Å². The van der Waals surface area contributed by atoms with Crippen LogP contribution in [0.4, 0.5) is 0 Å². The fraction of sp³-hybridized carbons (Fsp3) is 0.333. The predicted molar refractivity (Wildman–Crippen MR) is 41.8 cm³/mol. The van der Waals surface area contributed by atoms with Crippen molar-refractivity contribution in [2.75, 3.05) is 12.3 Å². The van der Waals surface area contributed by atoms with E-state index in [0.717, 1.165) is 10.8 Å². The van der Waals surface area contributed by atoms with Gasteiger partial charge in [0, 0.05) is 18.5 Å². The molecule has 0 aliphatic rings. The second-order valence-corrected chi connectivity index (χ2v) is 2.80. The van der Waals surface area contributed by atoms with Crippen LogP contribution in [0.3, 0.4) is 0 Å². The number of aromatic nitrogens is 2. The maximum absolute atomic E-state index is 5.31. The summed E-state index contributed by atoms with van der Waals surface area (Å²) in [5.41, 5.74) is 5.31. The highest BCUT2D eigenvalue weighted by molar-refractivity contribution is 7.99. The fourth-order valence-corrected chi connectivity index (χ4v) is 1.13. The van der Waals surface area contributed by atoms with Crippen LogP contribution in [0.1, 0.15) is 0 Å². The van der Waals surface area contributed by atoms with E-state index in [9.17, 15) is 0 Å². The lowest BCUT2D eigenvalue weighted by Gasteiger charge is -1.94. The van der Waals surface area contributed by atoms with Gasteiger partial charge in [0.1, 0.15) is 6.33 Å². The molecule has 1 rings (SSSR count). The van der Waals surface area contributed by atoms with Crippen LogP contribution in [-0.2, 0) is 0 Å². The second-order valence-electron chi connectivity index (χ2n) is 1.68. The Bertz CT molecular complexity index is 178. The third kappa shape index (κ3) is 2.33. The van der Waals surface area contributed by atoms with Crippen molar-refractivity contribution in [3.8, 4) is 0 Å². The molecule has 0 amide bonds. The molecule has 4 heteroatoms. The van der Waals surface area contributed by atoms with Crippen LogP contribution < -0.4 is 5.73 Å². The van der Waals surface area contributed by atoms with E-state index in [1.165, 1.54) is 0 Å². The summed E-state index contributed by atoms with van der Waals surface area (Å²) in [7, 11) is 0. The maximum Gasteiger partial charge on any atom is 0.116 e. The minimum Gasteiger partial charge on any atom is -0.330 e. The van der Waals surface area contributed by atoms with E-state index in [1.54, 1.807) is 24.3 Å². The lowest BCUT2D eigenvalue weighted by atomic mass is 10.7. The lowest BCUT2D eigenvalue weighted by Crippen LogP contribution is -2.01. The first-order chi connectivity index (χ1) is 4.93. The summed E-state index contributed by atoms with van der Waals surface area (Å²) in [6.07, 6.45) is 3.27. The van der Waals surface area contributed by atoms with Gasteiger partial charge >= 0.3 is 0 Å². The van der Waals surface area contributed by atoms with Crippen molar-refractivity contribution in [1.82, 2.24) is 9.97 Å². The van der Waals surface area contributed by atoms with Gasteiger partial charge < -0.3 is 5.73 Å². The van der Waals surface area contributed by atoms with E-state index in [1.807, 2.05) is 6.07 Å². The quantitative estimate of drug-likeness (QED) is 0.511. The Hall–Kier alpha value is -0.610. The van der Waals surface area contributed by atoms with Gasteiger partial charge in [-0.05, 0) is 6.07 Å². The van der Waals surface area contributed by atoms with Gasteiger partial charge in [-0.3, -0.25) is 0 Å². The Morgan fingerprint density at radius 3 is 3.10 bits per heavy atom. The topological polar surface area (TPSA) is 51.8 Å². The molecule has 0 saturated carbocycles. The van der Waals surface area contributed by atoms with E-state index >= 15 is 0 Å². The van der Waals surface area contributed by atoms with Gasteiger partial charge in [-0.2, -0.15) is 0 Å². The van der Waals surface area contributed by atoms with E-state index in [0.29, 0.717) is 6.54 Å². The Kier molecular flexibility index (Phi) is 3.18. The minimum atomic E-state index is 0.689. The van der Waals surface area contributed by atoms with Crippen LogP contribution in [0.25, 0.3) is 0 Å². The molecule has 0 fully saturated rings. The van der Waals surface area contributed by atoms with E-state index in [2.05, 4.69) is 9.97 Å². The largest absolute Gasteiger partial charge is 0.330 e. The predicted octanol–water partition coefficient (Wildman–Crippen LogP) is 0.527.